The van der Waals surface area contributed by atoms with Crippen LogP contribution in [0, 0.1) is 6.92 Å². The van der Waals surface area contributed by atoms with E-state index in [0.29, 0.717) is 12.2 Å². The van der Waals surface area contributed by atoms with E-state index in [1.807, 2.05) is 36.1 Å². The van der Waals surface area contributed by atoms with E-state index in [1.165, 1.54) is 26.2 Å². The molecule has 1 saturated heterocycles. The number of ether oxygens (including phenoxy) is 1. The highest BCUT2D eigenvalue weighted by molar-refractivity contribution is 7.89. The highest BCUT2D eigenvalue weighted by Gasteiger charge is 2.25. The topological polar surface area (TPSA) is 96.0 Å². The van der Waals surface area contributed by atoms with E-state index in [2.05, 4.69) is 5.32 Å². The number of carbonyl (C=O) groups is 2. The van der Waals surface area contributed by atoms with Gasteiger partial charge in [0.2, 0.25) is 10.0 Å². The maximum atomic E-state index is 12.9. The molecule has 3 rings (SSSR count). The number of benzene rings is 2. The summed E-state index contributed by atoms with van der Waals surface area (Å²) in [7, 11) is -0.858. The molecule has 0 aliphatic carbocycles. The summed E-state index contributed by atoms with van der Waals surface area (Å²) in [6.45, 7) is 3.39. The van der Waals surface area contributed by atoms with Crippen molar-refractivity contribution >= 4 is 27.6 Å². The maximum Gasteiger partial charge on any atom is 0.340 e. The summed E-state index contributed by atoms with van der Waals surface area (Å²) in [5, 5.41) is 2.74. The molecule has 172 valence electrons. The van der Waals surface area contributed by atoms with Crippen LogP contribution in [-0.2, 0) is 26.1 Å². The van der Waals surface area contributed by atoms with Gasteiger partial charge in [0.05, 0.1) is 16.1 Å². The van der Waals surface area contributed by atoms with E-state index in [1.54, 1.807) is 6.07 Å². The zero-order chi connectivity index (χ0) is 23.3. The molecule has 0 aromatic heterocycles. The van der Waals surface area contributed by atoms with E-state index in [-0.39, 0.29) is 10.5 Å². The Morgan fingerprint density at radius 3 is 2.44 bits per heavy atom. The molecular formula is C23H29N3O5S. The minimum absolute atomic E-state index is 0.00130. The molecule has 0 spiro atoms. The van der Waals surface area contributed by atoms with E-state index in [0.717, 1.165) is 41.4 Å². The minimum atomic E-state index is -3.72. The van der Waals surface area contributed by atoms with Crippen molar-refractivity contribution in [1.29, 1.82) is 0 Å². The quantitative estimate of drug-likeness (QED) is 0.609. The highest BCUT2D eigenvalue weighted by atomic mass is 32.2. The van der Waals surface area contributed by atoms with E-state index in [4.69, 9.17) is 4.74 Å². The van der Waals surface area contributed by atoms with Crippen LogP contribution in [0.1, 0.15) is 34.3 Å². The van der Waals surface area contributed by atoms with Gasteiger partial charge in [-0.2, -0.15) is 0 Å². The van der Waals surface area contributed by atoms with Crippen LogP contribution in [-0.4, -0.2) is 58.4 Å². The number of nitrogens with one attached hydrogen (secondary N) is 1. The van der Waals surface area contributed by atoms with Gasteiger partial charge in [-0.15, -0.1) is 0 Å². The molecule has 2 aromatic carbocycles. The fourth-order valence-electron chi connectivity index (χ4n) is 3.55. The number of hydrogen-bond acceptors (Lipinski definition) is 6. The zero-order valence-corrected chi connectivity index (χ0v) is 19.4. The monoisotopic (exact) mass is 459 g/mol. The summed E-state index contributed by atoms with van der Waals surface area (Å²) < 4.78 is 31.4. The number of sulfonamides is 1. The standard InChI is InChI=1S/C23H29N3O5S/c1-17-8-4-5-9-18(17)15-24-22(27)16-31-23(28)20-14-19(32(29,30)25(2)3)10-11-21(20)26-12-6-7-13-26/h4-5,8-11,14H,6-7,12-13,15-16H2,1-3H3,(H,24,27). The van der Waals surface area contributed by atoms with Crippen molar-refractivity contribution in [1.82, 2.24) is 9.62 Å². The molecule has 1 fully saturated rings. The third-order valence-electron chi connectivity index (χ3n) is 5.48. The third kappa shape index (κ3) is 5.46. The minimum Gasteiger partial charge on any atom is -0.452 e. The van der Waals surface area contributed by atoms with Crippen molar-refractivity contribution in [2.24, 2.45) is 0 Å². The van der Waals surface area contributed by atoms with Gasteiger partial charge in [-0.05, 0) is 49.1 Å². The molecule has 1 amide bonds. The molecule has 32 heavy (non-hydrogen) atoms. The van der Waals surface area contributed by atoms with Crippen molar-refractivity contribution < 1.29 is 22.7 Å². The SMILES string of the molecule is Cc1ccccc1CNC(=O)COC(=O)c1cc(S(=O)(=O)N(C)C)ccc1N1CCCC1. The largest absolute Gasteiger partial charge is 0.452 e. The van der Waals surface area contributed by atoms with Crippen LogP contribution in [0.3, 0.4) is 0 Å². The molecular weight excluding hydrogens is 430 g/mol. The lowest BCUT2D eigenvalue weighted by Crippen LogP contribution is -2.29. The van der Waals surface area contributed by atoms with Gasteiger partial charge in [0, 0.05) is 33.7 Å². The molecule has 0 bridgehead atoms. The number of esters is 1. The fourth-order valence-corrected chi connectivity index (χ4v) is 4.47. The van der Waals surface area contributed by atoms with E-state index >= 15 is 0 Å². The molecule has 8 nitrogen and oxygen atoms in total. The Hall–Kier alpha value is -2.91. The van der Waals surface area contributed by atoms with Crippen LogP contribution in [0.15, 0.2) is 47.4 Å². The van der Waals surface area contributed by atoms with Crippen LogP contribution in [0.2, 0.25) is 0 Å². The predicted molar refractivity (Wildman–Crippen MR) is 122 cm³/mol. The molecule has 1 aliphatic heterocycles. The van der Waals surface area contributed by atoms with Crippen molar-refractivity contribution in [2.75, 3.05) is 38.7 Å². The zero-order valence-electron chi connectivity index (χ0n) is 18.6. The van der Waals surface area contributed by atoms with Gasteiger partial charge in [0.1, 0.15) is 0 Å². The number of hydrogen-bond donors (Lipinski definition) is 1. The van der Waals surface area contributed by atoms with Gasteiger partial charge in [0.15, 0.2) is 6.61 Å². The summed E-state index contributed by atoms with van der Waals surface area (Å²) in [6, 6.07) is 12.1. The fraction of sp³-hybridized carbons (Fsp3) is 0.391. The van der Waals surface area contributed by atoms with Gasteiger partial charge >= 0.3 is 5.97 Å². The average Bonchev–Trinajstić information content (AvgIpc) is 3.31. The van der Waals surface area contributed by atoms with Crippen molar-refractivity contribution in [3.05, 3.63) is 59.2 Å². The first kappa shape index (κ1) is 23.7. The van der Waals surface area contributed by atoms with Crippen LogP contribution in [0.5, 0.6) is 0 Å². The summed E-state index contributed by atoms with van der Waals surface area (Å²) in [5.41, 5.74) is 2.79. The normalized spacial score (nSPS) is 13.9. The third-order valence-corrected chi connectivity index (χ3v) is 7.30. The first-order valence-corrected chi connectivity index (χ1v) is 11.9. The first-order chi connectivity index (χ1) is 15.2. The Balaban J connectivity index is 1.73. The lowest BCUT2D eigenvalue weighted by atomic mass is 10.1. The molecule has 0 atom stereocenters. The molecule has 1 heterocycles. The molecule has 0 saturated carbocycles. The first-order valence-electron chi connectivity index (χ1n) is 10.5. The Morgan fingerprint density at radius 1 is 1.09 bits per heavy atom. The average molecular weight is 460 g/mol. The summed E-state index contributed by atoms with van der Waals surface area (Å²) in [6.07, 6.45) is 1.99. The second kappa shape index (κ2) is 10.1. The molecule has 2 aromatic rings. The number of carbonyl (C=O) groups excluding carboxylic acids is 2. The summed E-state index contributed by atoms with van der Waals surface area (Å²) in [5.74, 6) is -1.16. The molecule has 1 aliphatic rings. The van der Waals surface area contributed by atoms with Crippen LogP contribution < -0.4 is 10.2 Å². The lowest BCUT2D eigenvalue weighted by Gasteiger charge is -2.22. The van der Waals surface area contributed by atoms with E-state index < -0.39 is 28.5 Å². The molecule has 0 unspecified atom stereocenters. The van der Waals surface area contributed by atoms with Gasteiger partial charge < -0.3 is 15.0 Å². The van der Waals surface area contributed by atoms with Crippen LogP contribution in [0.25, 0.3) is 0 Å². The van der Waals surface area contributed by atoms with Crippen LogP contribution >= 0.6 is 0 Å². The van der Waals surface area contributed by atoms with Crippen molar-refractivity contribution in [3.63, 3.8) is 0 Å². The Morgan fingerprint density at radius 2 is 1.78 bits per heavy atom. The Bertz CT molecular complexity index is 1090. The second-order valence-electron chi connectivity index (χ2n) is 7.94. The van der Waals surface area contributed by atoms with Crippen molar-refractivity contribution in [2.45, 2.75) is 31.2 Å². The maximum absolute atomic E-state index is 12.9. The molecule has 9 heteroatoms. The number of rotatable bonds is 8. The van der Waals surface area contributed by atoms with Gasteiger partial charge in [-0.3, -0.25) is 4.79 Å². The second-order valence-corrected chi connectivity index (χ2v) is 10.1. The van der Waals surface area contributed by atoms with Gasteiger partial charge in [0.25, 0.3) is 5.91 Å². The smallest absolute Gasteiger partial charge is 0.340 e. The molecule has 0 radical (unpaired) electrons. The summed E-state index contributed by atoms with van der Waals surface area (Å²) in [4.78, 5) is 27.1. The van der Waals surface area contributed by atoms with E-state index in [9.17, 15) is 18.0 Å². The predicted octanol–water partition coefficient (Wildman–Crippen LogP) is 2.32. The lowest BCUT2D eigenvalue weighted by molar-refractivity contribution is -0.124. The molecule has 1 N–H and O–H groups in total. The van der Waals surface area contributed by atoms with Gasteiger partial charge in [-0.1, -0.05) is 24.3 Å². The Kier molecular flexibility index (Phi) is 7.52. The highest BCUT2D eigenvalue weighted by Crippen LogP contribution is 2.28. The van der Waals surface area contributed by atoms with Crippen molar-refractivity contribution in [3.8, 4) is 0 Å². The Labute approximate surface area is 189 Å². The number of aryl methyl sites for hydroxylation is 1. The number of nitrogens with zero attached hydrogens (tertiary/aromatic N) is 2. The van der Waals surface area contributed by atoms with Gasteiger partial charge in [-0.25, -0.2) is 17.5 Å². The summed E-state index contributed by atoms with van der Waals surface area (Å²) >= 11 is 0. The van der Waals surface area contributed by atoms with Crippen LogP contribution in [0.4, 0.5) is 5.69 Å². The number of anilines is 1. The number of amides is 1.